The zero-order valence-corrected chi connectivity index (χ0v) is 15.0. The molecule has 2 heteroatoms. The number of nitrogens with zero attached hydrogens (tertiary/aromatic N) is 1. The monoisotopic (exact) mass is 328 g/mol. The molecule has 0 saturated carbocycles. The van der Waals surface area contributed by atoms with Crippen molar-refractivity contribution in [2.75, 3.05) is 17.3 Å². The largest absolute Gasteiger partial charge is 0.355 e. The molecule has 3 rings (SSSR count). The lowest BCUT2D eigenvalue weighted by atomic mass is 10.0. The van der Waals surface area contributed by atoms with Gasteiger partial charge in [-0.2, -0.15) is 0 Å². The van der Waals surface area contributed by atoms with Gasteiger partial charge >= 0.3 is 0 Å². The third-order valence-electron chi connectivity index (χ3n) is 4.49. The van der Waals surface area contributed by atoms with Gasteiger partial charge < -0.3 is 10.2 Å². The first-order valence-corrected chi connectivity index (χ1v) is 8.57. The van der Waals surface area contributed by atoms with Crippen LogP contribution in [0.4, 0.5) is 17.1 Å². The molecule has 3 aromatic rings. The molecule has 0 aliphatic rings. The standard InChI is InChI=1S/C23H24N2/c1-4-18(2)25(3)21-16-14-20(15-17-21)24-23-13-9-8-12-22(23)19-10-6-5-7-11-19/h4-17,24H,1-3H3/b18-4+. The zero-order chi connectivity index (χ0) is 17.6. The molecule has 2 nitrogen and oxygen atoms in total. The highest BCUT2D eigenvalue weighted by molar-refractivity contribution is 5.81. The van der Waals surface area contributed by atoms with Gasteiger partial charge in [-0.15, -0.1) is 0 Å². The first-order chi connectivity index (χ1) is 12.2. The predicted octanol–water partition coefficient (Wildman–Crippen LogP) is 6.46. The Kier molecular flexibility index (Phi) is 5.20. The fourth-order valence-corrected chi connectivity index (χ4v) is 2.78. The molecule has 0 unspecified atom stereocenters. The summed E-state index contributed by atoms with van der Waals surface area (Å²) >= 11 is 0. The van der Waals surface area contributed by atoms with Crippen LogP contribution in [0.25, 0.3) is 11.1 Å². The molecule has 1 N–H and O–H groups in total. The third kappa shape index (κ3) is 3.92. The summed E-state index contributed by atoms with van der Waals surface area (Å²) in [5, 5.41) is 3.55. The van der Waals surface area contributed by atoms with Gasteiger partial charge in [0.2, 0.25) is 0 Å². The van der Waals surface area contributed by atoms with E-state index in [2.05, 4.69) is 110 Å². The van der Waals surface area contributed by atoms with E-state index in [1.165, 1.54) is 22.5 Å². The maximum absolute atomic E-state index is 3.55. The second-order valence-electron chi connectivity index (χ2n) is 6.07. The number of allylic oxidation sites excluding steroid dienone is 2. The van der Waals surface area contributed by atoms with E-state index < -0.39 is 0 Å². The topological polar surface area (TPSA) is 15.3 Å². The number of hydrogen-bond acceptors (Lipinski definition) is 2. The van der Waals surface area contributed by atoms with E-state index in [1.807, 2.05) is 6.07 Å². The van der Waals surface area contributed by atoms with Crippen LogP contribution in [0.15, 0.2) is 90.6 Å². The molecule has 0 atom stereocenters. The fourth-order valence-electron chi connectivity index (χ4n) is 2.78. The molecule has 126 valence electrons. The summed E-state index contributed by atoms with van der Waals surface area (Å²) in [7, 11) is 2.09. The molecular formula is C23H24N2. The minimum absolute atomic E-state index is 1.08. The van der Waals surface area contributed by atoms with Crippen LogP contribution in [0, 0.1) is 0 Å². The Bertz CT molecular complexity index is 849. The van der Waals surface area contributed by atoms with Crippen LogP contribution in [-0.4, -0.2) is 7.05 Å². The van der Waals surface area contributed by atoms with E-state index in [4.69, 9.17) is 0 Å². The van der Waals surface area contributed by atoms with Crippen molar-refractivity contribution in [3.8, 4) is 11.1 Å². The minimum atomic E-state index is 1.08. The van der Waals surface area contributed by atoms with Crippen molar-refractivity contribution in [1.29, 1.82) is 0 Å². The molecular weight excluding hydrogens is 304 g/mol. The Hall–Kier alpha value is -3.00. The Morgan fingerprint density at radius 3 is 2.16 bits per heavy atom. The van der Waals surface area contributed by atoms with Gasteiger partial charge in [0.1, 0.15) is 0 Å². The van der Waals surface area contributed by atoms with Crippen molar-refractivity contribution >= 4 is 17.1 Å². The van der Waals surface area contributed by atoms with Gasteiger partial charge in [0, 0.05) is 35.4 Å². The molecule has 0 aliphatic heterocycles. The number of hydrogen-bond donors (Lipinski definition) is 1. The lowest BCUT2D eigenvalue weighted by Gasteiger charge is -2.20. The van der Waals surface area contributed by atoms with E-state index in [9.17, 15) is 0 Å². The van der Waals surface area contributed by atoms with Crippen molar-refractivity contribution in [3.05, 3.63) is 90.6 Å². The highest BCUT2D eigenvalue weighted by Crippen LogP contribution is 2.30. The molecule has 0 bridgehead atoms. The number of nitrogens with one attached hydrogen (secondary N) is 1. The summed E-state index contributed by atoms with van der Waals surface area (Å²) in [5.41, 5.74) is 7.02. The lowest BCUT2D eigenvalue weighted by molar-refractivity contribution is 1.08. The van der Waals surface area contributed by atoms with Crippen molar-refractivity contribution in [1.82, 2.24) is 0 Å². The molecule has 0 aliphatic carbocycles. The van der Waals surface area contributed by atoms with E-state index in [0.29, 0.717) is 0 Å². The molecule has 0 radical (unpaired) electrons. The van der Waals surface area contributed by atoms with Gasteiger partial charge in [-0.1, -0.05) is 54.6 Å². The number of rotatable bonds is 5. The van der Waals surface area contributed by atoms with Gasteiger partial charge in [0.15, 0.2) is 0 Å². The van der Waals surface area contributed by atoms with Gasteiger partial charge in [-0.05, 0) is 49.7 Å². The Balaban J connectivity index is 1.84. The van der Waals surface area contributed by atoms with Crippen LogP contribution in [0.1, 0.15) is 13.8 Å². The van der Waals surface area contributed by atoms with E-state index in [1.54, 1.807) is 0 Å². The summed E-state index contributed by atoms with van der Waals surface area (Å²) < 4.78 is 0. The molecule has 0 saturated heterocycles. The SMILES string of the molecule is C/C=C(\C)N(C)c1ccc(Nc2ccccc2-c2ccccc2)cc1. The van der Waals surface area contributed by atoms with Crippen molar-refractivity contribution in [3.63, 3.8) is 0 Å². The fraction of sp³-hybridized carbons (Fsp3) is 0.130. The normalized spacial score (nSPS) is 11.2. The van der Waals surface area contributed by atoms with Crippen LogP contribution in [-0.2, 0) is 0 Å². The molecule has 0 spiro atoms. The number of para-hydroxylation sites is 1. The maximum atomic E-state index is 3.55. The van der Waals surface area contributed by atoms with Crippen LogP contribution in [0.5, 0.6) is 0 Å². The zero-order valence-electron chi connectivity index (χ0n) is 15.0. The molecule has 3 aromatic carbocycles. The van der Waals surface area contributed by atoms with Gasteiger partial charge in [-0.3, -0.25) is 0 Å². The summed E-state index contributed by atoms with van der Waals surface area (Å²) in [4.78, 5) is 2.18. The number of benzene rings is 3. The summed E-state index contributed by atoms with van der Waals surface area (Å²) in [5.74, 6) is 0. The maximum Gasteiger partial charge on any atom is 0.0463 e. The second kappa shape index (κ2) is 7.71. The average Bonchev–Trinajstić information content (AvgIpc) is 2.68. The Morgan fingerprint density at radius 2 is 1.48 bits per heavy atom. The van der Waals surface area contributed by atoms with E-state index in [-0.39, 0.29) is 0 Å². The van der Waals surface area contributed by atoms with Crippen molar-refractivity contribution in [2.45, 2.75) is 13.8 Å². The molecule has 0 fully saturated rings. The van der Waals surface area contributed by atoms with Gasteiger partial charge in [-0.25, -0.2) is 0 Å². The Morgan fingerprint density at radius 1 is 0.840 bits per heavy atom. The van der Waals surface area contributed by atoms with Gasteiger partial charge in [0.25, 0.3) is 0 Å². The van der Waals surface area contributed by atoms with E-state index in [0.717, 1.165) is 11.4 Å². The third-order valence-corrected chi connectivity index (χ3v) is 4.49. The van der Waals surface area contributed by atoms with Crippen molar-refractivity contribution in [2.24, 2.45) is 0 Å². The first-order valence-electron chi connectivity index (χ1n) is 8.57. The molecule has 0 amide bonds. The quantitative estimate of drug-likeness (QED) is 0.578. The Labute approximate surface area is 150 Å². The van der Waals surface area contributed by atoms with Crippen LogP contribution < -0.4 is 10.2 Å². The smallest absolute Gasteiger partial charge is 0.0463 e. The average molecular weight is 328 g/mol. The molecule has 0 aromatic heterocycles. The predicted molar refractivity (Wildman–Crippen MR) is 109 cm³/mol. The van der Waals surface area contributed by atoms with Crippen LogP contribution in [0.2, 0.25) is 0 Å². The molecule has 25 heavy (non-hydrogen) atoms. The summed E-state index contributed by atoms with van der Waals surface area (Å²) in [6, 6.07) is 27.4. The van der Waals surface area contributed by atoms with Gasteiger partial charge in [0.05, 0.1) is 0 Å². The highest BCUT2D eigenvalue weighted by atomic mass is 15.1. The molecule has 0 heterocycles. The lowest BCUT2D eigenvalue weighted by Crippen LogP contribution is -2.13. The van der Waals surface area contributed by atoms with Crippen LogP contribution >= 0.6 is 0 Å². The van der Waals surface area contributed by atoms with Crippen molar-refractivity contribution < 1.29 is 0 Å². The highest BCUT2D eigenvalue weighted by Gasteiger charge is 2.06. The number of anilines is 3. The van der Waals surface area contributed by atoms with E-state index >= 15 is 0 Å². The first kappa shape index (κ1) is 16.8. The summed E-state index contributed by atoms with van der Waals surface area (Å²) in [6.45, 7) is 4.17. The minimum Gasteiger partial charge on any atom is -0.355 e. The van der Waals surface area contributed by atoms with Crippen LogP contribution in [0.3, 0.4) is 0 Å². The second-order valence-corrected chi connectivity index (χ2v) is 6.07. The summed E-state index contributed by atoms with van der Waals surface area (Å²) in [6.07, 6.45) is 2.11.